The van der Waals surface area contributed by atoms with Gasteiger partial charge in [-0.1, -0.05) is 23.7 Å². The Hall–Kier alpha value is -2.47. The zero-order valence-electron chi connectivity index (χ0n) is 13.1. The minimum absolute atomic E-state index is 0.126. The number of nitrogens with zero attached hydrogens (tertiary/aromatic N) is 1. The minimum Gasteiger partial charge on any atom is -0.348 e. The summed E-state index contributed by atoms with van der Waals surface area (Å²) in [4.78, 5) is 25.3. The Morgan fingerprint density at radius 3 is 2.25 bits per heavy atom. The average Bonchev–Trinajstić information content (AvgIpc) is 2.55. The van der Waals surface area contributed by atoms with Crippen LogP contribution in [0, 0.1) is 11.6 Å². The topological polar surface area (TPSA) is 49.4 Å². The maximum atomic E-state index is 13.2. The Labute approximate surface area is 143 Å². The van der Waals surface area contributed by atoms with Gasteiger partial charge in [-0.25, -0.2) is 8.78 Å². The monoisotopic (exact) mass is 352 g/mol. The summed E-state index contributed by atoms with van der Waals surface area (Å²) in [5.41, 5.74) is 1.13. The summed E-state index contributed by atoms with van der Waals surface area (Å²) in [6.07, 6.45) is 0. The van der Waals surface area contributed by atoms with Crippen LogP contribution < -0.4 is 5.32 Å². The molecule has 7 heteroatoms. The molecule has 0 fully saturated rings. The standard InChI is InChI=1S/C17H15ClF2N2O2/c1-22(2)17(24)11-5-3-10(4-6-11)9-21-16(23)12-7-14(19)15(20)8-13(12)18/h3-8H,9H2,1-2H3,(H,21,23). The molecule has 0 saturated carbocycles. The zero-order chi connectivity index (χ0) is 17.9. The van der Waals surface area contributed by atoms with Gasteiger partial charge in [-0.05, 0) is 29.8 Å². The zero-order valence-corrected chi connectivity index (χ0v) is 13.8. The highest BCUT2D eigenvalue weighted by atomic mass is 35.5. The van der Waals surface area contributed by atoms with Gasteiger partial charge in [-0.15, -0.1) is 0 Å². The Bertz CT molecular complexity index is 777. The van der Waals surface area contributed by atoms with Crippen LogP contribution >= 0.6 is 11.6 Å². The van der Waals surface area contributed by atoms with Gasteiger partial charge in [0.2, 0.25) is 0 Å². The van der Waals surface area contributed by atoms with E-state index in [1.54, 1.807) is 38.4 Å². The van der Waals surface area contributed by atoms with Gasteiger partial charge in [-0.3, -0.25) is 9.59 Å². The molecule has 126 valence electrons. The van der Waals surface area contributed by atoms with Gasteiger partial charge in [0.1, 0.15) is 0 Å². The largest absolute Gasteiger partial charge is 0.348 e. The van der Waals surface area contributed by atoms with Crippen LogP contribution in [-0.2, 0) is 6.54 Å². The second kappa shape index (κ2) is 7.40. The van der Waals surface area contributed by atoms with Gasteiger partial charge in [-0.2, -0.15) is 0 Å². The van der Waals surface area contributed by atoms with Crippen LogP contribution in [0.3, 0.4) is 0 Å². The minimum atomic E-state index is -1.14. The second-order valence-corrected chi connectivity index (χ2v) is 5.73. The van der Waals surface area contributed by atoms with Crippen molar-refractivity contribution in [2.24, 2.45) is 0 Å². The first kappa shape index (κ1) is 17.9. The molecule has 0 aliphatic rings. The molecular weight excluding hydrogens is 338 g/mol. The highest BCUT2D eigenvalue weighted by Crippen LogP contribution is 2.20. The fourth-order valence-corrected chi connectivity index (χ4v) is 2.23. The summed E-state index contributed by atoms with van der Waals surface area (Å²) in [5, 5.41) is 2.40. The summed E-state index contributed by atoms with van der Waals surface area (Å²) in [7, 11) is 3.31. The lowest BCUT2D eigenvalue weighted by atomic mass is 10.1. The van der Waals surface area contributed by atoms with E-state index in [1.165, 1.54) is 4.90 Å². The molecule has 0 aliphatic carbocycles. The molecule has 0 bridgehead atoms. The molecule has 2 amide bonds. The molecule has 2 aromatic carbocycles. The summed E-state index contributed by atoms with van der Waals surface area (Å²) < 4.78 is 26.2. The summed E-state index contributed by atoms with van der Waals surface area (Å²) in [6, 6.07) is 8.20. The number of amides is 2. The number of carbonyl (C=O) groups excluding carboxylic acids is 2. The predicted octanol–water partition coefficient (Wildman–Crippen LogP) is 3.25. The summed E-state index contributed by atoms with van der Waals surface area (Å²) >= 11 is 5.75. The third kappa shape index (κ3) is 4.08. The fraction of sp³-hybridized carbons (Fsp3) is 0.176. The number of rotatable bonds is 4. The number of hydrogen-bond acceptors (Lipinski definition) is 2. The molecule has 0 atom stereocenters. The first-order chi connectivity index (χ1) is 11.3. The molecule has 1 N–H and O–H groups in total. The first-order valence-corrected chi connectivity index (χ1v) is 7.40. The lowest BCUT2D eigenvalue weighted by Gasteiger charge is -2.11. The predicted molar refractivity (Wildman–Crippen MR) is 87.0 cm³/mol. The number of hydrogen-bond donors (Lipinski definition) is 1. The van der Waals surface area contributed by atoms with Gasteiger partial charge in [0.25, 0.3) is 11.8 Å². The maximum Gasteiger partial charge on any atom is 0.253 e. The van der Waals surface area contributed by atoms with Crippen LogP contribution in [0.4, 0.5) is 8.78 Å². The molecule has 0 aromatic heterocycles. The van der Waals surface area contributed by atoms with E-state index in [4.69, 9.17) is 11.6 Å². The van der Waals surface area contributed by atoms with Gasteiger partial charge in [0, 0.05) is 26.2 Å². The third-order valence-corrected chi connectivity index (χ3v) is 3.63. The average molecular weight is 353 g/mol. The molecule has 0 spiro atoms. The molecule has 0 saturated heterocycles. The van der Waals surface area contributed by atoms with E-state index < -0.39 is 17.5 Å². The summed E-state index contributed by atoms with van der Waals surface area (Å²) in [5.74, 6) is -3.00. The Balaban J connectivity index is 2.04. The Kier molecular flexibility index (Phi) is 5.51. The molecule has 2 aromatic rings. The molecule has 4 nitrogen and oxygen atoms in total. The second-order valence-electron chi connectivity index (χ2n) is 5.33. The van der Waals surface area contributed by atoms with Crippen LogP contribution in [-0.4, -0.2) is 30.8 Å². The van der Waals surface area contributed by atoms with Crippen molar-refractivity contribution in [3.05, 3.63) is 69.7 Å². The van der Waals surface area contributed by atoms with E-state index >= 15 is 0 Å². The van der Waals surface area contributed by atoms with E-state index in [0.29, 0.717) is 5.56 Å². The molecular formula is C17H15ClF2N2O2. The van der Waals surface area contributed by atoms with Gasteiger partial charge >= 0.3 is 0 Å². The summed E-state index contributed by atoms with van der Waals surface area (Å²) in [6.45, 7) is 0.157. The van der Waals surface area contributed by atoms with Crippen LogP contribution in [0.5, 0.6) is 0 Å². The lowest BCUT2D eigenvalue weighted by molar-refractivity contribution is 0.0827. The SMILES string of the molecule is CN(C)C(=O)c1ccc(CNC(=O)c2cc(F)c(F)cc2Cl)cc1. The quantitative estimate of drug-likeness (QED) is 0.859. The molecule has 2 rings (SSSR count). The molecule has 24 heavy (non-hydrogen) atoms. The van der Waals surface area contributed by atoms with Crippen LogP contribution in [0.2, 0.25) is 5.02 Å². The maximum absolute atomic E-state index is 13.2. The Morgan fingerprint density at radius 1 is 1.08 bits per heavy atom. The van der Waals surface area contributed by atoms with Crippen molar-refractivity contribution in [2.45, 2.75) is 6.54 Å². The van der Waals surface area contributed by atoms with Crippen LogP contribution in [0.25, 0.3) is 0 Å². The molecule has 0 radical (unpaired) electrons. The van der Waals surface area contributed by atoms with E-state index in [9.17, 15) is 18.4 Å². The van der Waals surface area contributed by atoms with Crippen molar-refractivity contribution < 1.29 is 18.4 Å². The normalized spacial score (nSPS) is 10.4. The number of benzene rings is 2. The van der Waals surface area contributed by atoms with E-state index in [-0.39, 0.29) is 23.0 Å². The lowest BCUT2D eigenvalue weighted by Crippen LogP contribution is -2.24. The number of nitrogens with one attached hydrogen (secondary N) is 1. The van der Waals surface area contributed by atoms with Gasteiger partial charge in [0.15, 0.2) is 11.6 Å². The fourth-order valence-electron chi connectivity index (χ4n) is 2.00. The number of carbonyl (C=O) groups is 2. The van der Waals surface area contributed by atoms with Crippen molar-refractivity contribution in [1.82, 2.24) is 10.2 Å². The highest BCUT2D eigenvalue weighted by molar-refractivity contribution is 6.33. The molecule has 0 heterocycles. The highest BCUT2D eigenvalue weighted by Gasteiger charge is 2.15. The van der Waals surface area contributed by atoms with Crippen molar-refractivity contribution >= 4 is 23.4 Å². The van der Waals surface area contributed by atoms with Gasteiger partial charge in [0.05, 0.1) is 10.6 Å². The molecule has 0 unspecified atom stereocenters. The third-order valence-electron chi connectivity index (χ3n) is 3.31. The first-order valence-electron chi connectivity index (χ1n) is 7.03. The Morgan fingerprint density at radius 2 is 1.67 bits per heavy atom. The smallest absolute Gasteiger partial charge is 0.253 e. The number of halogens is 3. The van der Waals surface area contributed by atoms with Crippen LogP contribution in [0.15, 0.2) is 36.4 Å². The van der Waals surface area contributed by atoms with E-state index in [0.717, 1.165) is 17.7 Å². The van der Waals surface area contributed by atoms with Crippen molar-refractivity contribution in [1.29, 1.82) is 0 Å². The van der Waals surface area contributed by atoms with Crippen molar-refractivity contribution in [3.63, 3.8) is 0 Å². The van der Waals surface area contributed by atoms with Gasteiger partial charge < -0.3 is 10.2 Å². The van der Waals surface area contributed by atoms with Crippen molar-refractivity contribution in [3.8, 4) is 0 Å². The van der Waals surface area contributed by atoms with E-state index in [1.807, 2.05) is 0 Å². The van der Waals surface area contributed by atoms with E-state index in [2.05, 4.69) is 5.32 Å². The van der Waals surface area contributed by atoms with Crippen molar-refractivity contribution in [2.75, 3.05) is 14.1 Å². The van der Waals surface area contributed by atoms with Crippen LogP contribution in [0.1, 0.15) is 26.3 Å². The molecule has 0 aliphatic heterocycles.